The van der Waals surface area contributed by atoms with Crippen LogP contribution in [-0.2, 0) is 5.41 Å². The summed E-state index contributed by atoms with van der Waals surface area (Å²) >= 11 is 0. The molecule has 2 aliphatic carbocycles. The Hall–Kier alpha value is -7.16. The van der Waals surface area contributed by atoms with Crippen molar-refractivity contribution in [3.63, 3.8) is 0 Å². The summed E-state index contributed by atoms with van der Waals surface area (Å²) in [5, 5.41) is 4.85. The normalized spacial score (nSPS) is 13.2. The second-order valence-electron chi connectivity index (χ2n) is 14.8. The van der Waals surface area contributed by atoms with E-state index in [0.29, 0.717) is 0 Å². The van der Waals surface area contributed by atoms with Crippen molar-refractivity contribution in [2.24, 2.45) is 0 Å². The Kier molecular flexibility index (Phi) is 6.29. The Bertz CT molecular complexity index is 3110. The highest BCUT2D eigenvalue weighted by molar-refractivity contribution is 6.07. The van der Waals surface area contributed by atoms with Gasteiger partial charge in [0.25, 0.3) is 0 Å². The van der Waals surface area contributed by atoms with E-state index in [1.165, 1.54) is 66.4 Å². The highest BCUT2D eigenvalue weighted by Gasteiger charge is 2.52. The van der Waals surface area contributed by atoms with Crippen LogP contribution in [0.15, 0.2) is 205 Å². The average molecular weight is 700 g/mol. The molecular formula is C53H33NO. The number of fused-ring (bicyclic) bond motifs is 15. The molecule has 1 heterocycles. The Morgan fingerprint density at radius 3 is 1.73 bits per heavy atom. The van der Waals surface area contributed by atoms with Crippen molar-refractivity contribution in [2.45, 2.75) is 5.41 Å². The van der Waals surface area contributed by atoms with Gasteiger partial charge in [-0.3, -0.25) is 0 Å². The number of hydrogen-bond acceptors (Lipinski definition) is 2. The summed E-state index contributed by atoms with van der Waals surface area (Å²) in [5.41, 5.74) is 17.7. The van der Waals surface area contributed by atoms with Gasteiger partial charge in [-0.05, 0) is 121 Å². The molecule has 1 spiro atoms. The molecule has 256 valence electrons. The van der Waals surface area contributed by atoms with Crippen LogP contribution in [0.25, 0.3) is 66.1 Å². The van der Waals surface area contributed by atoms with Crippen molar-refractivity contribution in [1.82, 2.24) is 0 Å². The summed E-state index contributed by atoms with van der Waals surface area (Å²) in [5.74, 6) is 0. The lowest BCUT2D eigenvalue weighted by molar-refractivity contribution is 0.669. The molecule has 0 saturated heterocycles. The Labute approximate surface area is 319 Å². The first-order valence-corrected chi connectivity index (χ1v) is 19.0. The van der Waals surface area contributed by atoms with Crippen molar-refractivity contribution in [3.05, 3.63) is 222 Å². The molecule has 0 fully saturated rings. The zero-order valence-corrected chi connectivity index (χ0v) is 29.9. The zero-order valence-electron chi connectivity index (χ0n) is 29.9. The summed E-state index contributed by atoms with van der Waals surface area (Å²) in [4.78, 5) is 2.40. The molecule has 0 atom stereocenters. The van der Waals surface area contributed by atoms with E-state index < -0.39 is 5.41 Å². The van der Waals surface area contributed by atoms with Gasteiger partial charge in [0.1, 0.15) is 11.2 Å². The highest BCUT2D eigenvalue weighted by Crippen LogP contribution is 2.64. The molecule has 55 heavy (non-hydrogen) atoms. The van der Waals surface area contributed by atoms with Gasteiger partial charge in [-0.1, -0.05) is 146 Å². The number of benzene rings is 9. The van der Waals surface area contributed by atoms with Gasteiger partial charge in [-0.2, -0.15) is 0 Å². The number of rotatable bonds is 4. The second-order valence-corrected chi connectivity index (χ2v) is 14.8. The topological polar surface area (TPSA) is 16.4 Å². The molecule has 2 heteroatoms. The van der Waals surface area contributed by atoms with Crippen molar-refractivity contribution in [1.29, 1.82) is 0 Å². The molecule has 0 amide bonds. The molecule has 12 rings (SSSR count). The maximum Gasteiger partial charge on any atom is 0.135 e. The van der Waals surface area contributed by atoms with Gasteiger partial charge >= 0.3 is 0 Å². The molecule has 0 unspecified atom stereocenters. The van der Waals surface area contributed by atoms with Gasteiger partial charge < -0.3 is 9.32 Å². The lowest BCUT2D eigenvalue weighted by atomic mass is 9.69. The van der Waals surface area contributed by atoms with E-state index in [1.807, 2.05) is 12.1 Å². The number of hydrogen-bond donors (Lipinski definition) is 0. The average Bonchev–Trinajstić information content (AvgIpc) is 3.88. The third-order valence-electron chi connectivity index (χ3n) is 12.1. The Balaban J connectivity index is 1.06. The fourth-order valence-corrected chi connectivity index (χ4v) is 9.78. The summed E-state index contributed by atoms with van der Waals surface area (Å²) in [6, 6.07) is 73.4. The third-order valence-corrected chi connectivity index (χ3v) is 12.1. The van der Waals surface area contributed by atoms with Crippen molar-refractivity contribution >= 4 is 49.8 Å². The summed E-state index contributed by atoms with van der Waals surface area (Å²) < 4.78 is 6.13. The van der Waals surface area contributed by atoms with Crippen molar-refractivity contribution < 1.29 is 4.42 Å². The minimum absolute atomic E-state index is 0.461. The van der Waals surface area contributed by atoms with E-state index in [4.69, 9.17) is 4.42 Å². The molecule has 1 aromatic heterocycles. The van der Waals surface area contributed by atoms with Gasteiger partial charge in [0.2, 0.25) is 0 Å². The largest absolute Gasteiger partial charge is 0.456 e. The zero-order chi connectivity index (χ0) is 36.1. The molecule has 10 aromatic rings. The van der Waals surface area contributed by atoms with Crippen LogP contribution in [0, 0.1) is 0 Å². The van der Waals surface area contributed by atoms with Crippen LogP contribution in [-0.4, -0.2) is 0 Å². The van der Waals surface area contributed by atoms with E-state index in [9.17, 15) is 0 Å². The Morgan fingerprint density at radius 2 is 0.927 bits per heavy atom. The van der Waals surface area contributed by atoms with Gasteiger partial charge in [-0.15, -0.1) is 0 Å². The molecule has 0 radical (unpaired) electrons. The smallest absolute Gasteiger partial charge is 0.135 e. The standard InChI is InChI=1S/C53H33NO/c1-2-13-37(14-3-1)54(38-26-22-34(23-27-38)36-25-31-51-46(32-36)44-18-8-11-21-50(44)55-51)39-28-30-43-45-29-24-35-12-4-5-15-40(35)52(45)53(49(43)33-39)47-19-9-6-16-41(47)42-17-7-10-20-48(42)53/h1-33H. The summed E-state index contributed by atoms with van der Waals surface area (Å²) in [7, 11) is 0. The molecule has 0 aliphatic heterocycles. The predicted octanol–water partition coefficient (Wildman–Crippen LogP) is 14.2. The van der Waals surface area contributed by atoms with Gasteiger partial charge in [0.15, 0.2) is 0 Å². The van der Waals surface area contributed by atoms with Crippen LogP contribution >= 0.6 is 0 Å². The molecule has 0 N–H and O–H groups in total. The van der Waals surface area contributed by atoms with E-state index in [0.717, 1.165) is 39.0 Å². The van der Waals surface area contributed by atoms with Gasteiger partial charge in [0, 0.05) is 27.8 Å². The lowest BCUT2D eigenvalue weighted by Crippen LogP contribution is -2.26. The molecule has 0 bridgehead atoms. The molecule has 2 nitrogen and oxygen atoms in total. The van der Waals surface area contributed by atoms with Crippen LogP contribution in [0.5, 0.6) is 0 Å². The van der Waals surface area contributed by atoms with Crippen LogP contribution in [0.3, 0.4) is 0 Å². The molecule has 2 aliphatic rings. The fourth-order valence-electron chi connectivity index (χ4n) is 9.78. The maximum atomic E-state index is 6.13. The first-order valence-electron chi connectivity index (χ1n) is 19.0. The second kappa shape index (κ2) is 11.4. The van der Waals surface area contributed by atoms with Crippen molar-refractivity contribution in [2.75, 3.05) is 4.90 Å². The predicted molar refractivity (Wildman–Crippen MR) is 228 cm³/mol. The molecule has 9 aromatic carbocycles. The van der Waals surface area contributed by atoms with Gasteiger partial charge in [0.05, 0.1) is 5.41 Å². The van der Waals surface area contributed by atoms with E-state index in [-0.39, 0.29) is 0 Å². The van der Waals surface area contributed by atoms with E-state index in [1.54, 1.807) is 0 Å². The first kappa shape index (κ1) is 30.3. The molecular weight excluding hydrogens is 667 g/mol. The van der Waals surface area contributed by atoms with Crippen LogP contribution in [0.2, 0.25) is 0 Å². The van der Waals surface area contributed by atoms with Crippen molar-refractivity contribution in [3.8, 4) is 33.4 Å². The summed E-state index contributed by atoms with van der Waals surface area (Å²) in [6.07, 6.45) is 0. The van der Waals surface area contributed by atoms with Crippen LogP contribution in [0.4, 0.5) is 17.1 Å². The number of anilines is 3. The quantitative estimate of drug-likeness (QED) is 0.182. The van der Waals surface area contributed by atoms with Gasteiger partial charge in [-0.25, -0.2) is 0 Å². The fraction of sp³-hybridized carbons (Fsp3) is 0.0189. The number of nitrogens with zero attached hydrogens (tertiary/aromatic N) is 1. The number of para-hydroxylation sites is 2. The maximum absolute atomic E-state index is 6.13. The SMILES string of the molecule is c1ccc(N(c2ccc(-c3ccc4oc5ccccc5c4c3)cc2)c2ccc3c(c2)C2(c4ccccc4-c4ccccc42)c2c-3ccc3ccccc23)cc1. The number of furan rings is 1. The highest BCUT2D eigenvalue weighted by atomic mass is 16.3. The molecule has 0 saturated carbocycles. The summed E-state index contributed by atoms with van der Waals surface area (Å²) in [6.45, 7) is 0. The van der Waals surface area contributed by atoms with E-state index >= 15 is 0 Å². The monoisotopic (exact) mass is 699 g/mol. The van der Waals surface area contributed by atoms with Crippen LogP contribution in [0.1, 0.15) is 22.3 Å². The minimum Gasteiger partial charge on any atom is -0.456 e. The third kappa shape index (κ3) is 4.19. The van der Waals surface area contributed by atoms with Crippen LogP contribution < -0.4 is 4.90 Å². The Morgan fingerprint density at radius 1 is 0.345 bits per heavy atom. The first-order chi connectivity index (χ1) is 27.3. The van der Waals surface area contributed by atoms with E-state index in [2.05, 4.69) is 193 Å². The minimum atomic E-state index is -0.461. The lowest BCUT2D eigenvalue weighted by Gasteiger charge is -2.33.